The van der Waals surface area contributed by atoms with E-state index in [0.717, 1.165) is 0 Å². The fraction of sp³-hybridized carbons (Fsp3) is 0.222. The summed E-state index contributed by atoms with van der Waals surface area (Å²) >= 11 is 6.57. The maximum absolute atomic E-state index is 11.6. The Hall–Kier alpha value is -0.950. The summed E-state index contributed by atoms with van der Waals surface area (Å²) in [6.07, 6.45) is 3.32. The van der Waals surface area contributed by atoms with Crippen molar-refractivity contribution in [2.45, 2.75) is 6.92 Å². The van der Waals surface area contributed by atoms with Crippen LogP contribution < -0.4 is 0 Å². The van der Waals surface area contributed by atoms with Crippen LogP contribution in [0.25, 0.3) is 5.65 Å². The number of carbonyl (C=O) groups excluding carboxylic acids is 1. The van der Waals surface area contributed by atoms with Gasteiger partial charge in [-0.15, -0.1) is 0 Å². The number of ether oxygens (including phenoxy) is 1. The summed E-state index contributed by atoms with van der Waals surface area (Å²) in [6, 6.07) is 0. The molecule has 16 heavy (non-hydrogen) atoms. The van der Waals surface area contributed by atoms with E-state index in [1.807, 2.05) is 0 Å². The van der Waals surface area contributed by atoms with Gasteiger partial charge in [-0.3, -0.25) is 4.40 Å². The van der Waals surface area contributed by atoms with Gasteiger partial charge in [0.15, 0.2) is 11.3 Å². The maximum Gasteiger partial charge on any atom is 0.359 e. The molecule has 0 amide bonds. The van der Waals surface area contributed by atoms with Crippen molar-refractivity contribution in [1.29, 1.82) is 0 Å². The zero-order valence-corrected chi connectivity index (χ0v) is 11.4. The van der Waals surface area contributed by atoms with Gasteiger partial charge in [0.1, 0.15) is 9.21 Å². The van der Waals surface area contributed by atoms with E-state index in [1.165, 1.54) is 0 Å². The van der Waals surface area contributed by atoms with Crippen molar-refractivity contribution in [2.75, 3.05) is 6.61 Å². The largest absolute Gasteiger partial charge is 0.461 e. The summed E-state index contributed by atoms with van der Waals surface area (Å²) < 4.78 is 7.74. The highest BCUT2D eigenvalue weighted by molar-refractivity contribution is 9.11. The molecule has 0 N–H and O–H groups in total. The molecule has 0 saturated carbocycles. The van der Waals surface area contributed by atoms with Crippen LogP contribution in [0.4, 0.5) is 0 Å². The second-order valence-electron chi connectivity index (χ2n) is 2.88. The fourth-order valence-corrected chi connectivity index (χ4v) is 2.18. The van der Waals surface area contributed by atoms with E-state index >= 15 is 0 Å². The Bertz CT molecular complexity index is 553. The SMILES string of the molecule is CCOC(=O)c1nc2c(Br)nccn2c1Br. The van der Waals surface area contributed by atoms with Crippen molar-refractivity contribution < 1.29 is 9.53 Å². The Balaban J connectivity index is 2.60. The highest BCUT2D eigenvalue weighted by Crippen LogP contribution is 2.23. The predicted molar refractivity (Wildman–Crippen MR) is 64.3 cm³/mol. The number of hydrogen-bond donors (Lipinski definition) is 0. The van der Waals surface area contributed by atoms with E-state index in [1.54, 1.807) is 23.7 Å². The van der Waals surface area contributed by atoms with Crippen LogP contribution in [0.15, 0.2) is 21.6 Å². The molecule has 0 saturated heterocycles. The van der Waals surface area contributed by atoms with Gasteiger partial charge < -0.3 is 4.74 Å². The first-order chi connectivity index (χ1) is 7.65. The van der Waals surface area contributed by atoms with Crippen LogP contribution in [0, 0.1) is 0 Å². The van der Waals surface area contributed by atoms with E-state index in [0.29, 0.717) is 21.5 Å². The highest BCUT2D eigenvalue weighted by atomic mass is 79.9. The van der Waals surface area contributed by atoms with E-state index in [9.17, 15) is 4.79 Å². The van der Waals surface area contributed by atoms with Gasteiger partial charge in [-0.25, -0.2) is 14.8 Å². The Morgan fingerprint density at radius 2 is 2.31 bits per heavy atom. The second kappa shape index (κ2) is 4.50. The molecular formula is C9H7Br2N3O2. The van der Waals surface area contributed by atoms with Crippen LogP contribution in [-0.4, -0.2) is 26.9 Å². The first kappa shape index (κ1) is 11.5. The fourth-order valence-electron chi connectivity index (χ4n) is 1.25. The minimum absolute atomic E-state index is 0.246. The molecule has 0 radical (unpaired) electrons. The summed E-state index contributed by atoms with van der Waals surface area (Å²) in [6.45, 7) is 2.07. The lowest BCUT2D eigenvalue weighted by Gasteiger charge is -1.97. The molecule has 0 aliphatic rings. The lowest BCUT2D eigenvalue weighted by Crippen LogP contribution is -2.05. The van der Waals surface area contributed by atoms with E-state index in [4.69, 9.17) is 4.74 Å². The Kier molecular flexibility index (Phi) is 3.25. The smallest absolute Gasteiger partial charge is 0.359 e. The van der Waals surface area contributed by atoms with Gasteiger partial charge in [0.25, 0.3) is 0 Å². The molecule has 0 aromatic carbocycles. The molecule has 2 rings (SSSR count). The van der Waals surface area contributed by atoms with E-state index < -0.39 is 5.97 Å². The molecule has 0 bridgehead atoms. The van der Waals surface area contributed by atoms with Gasteiger partial charge in [-0.1, -0.05) is 0 Å². The summed E-state index contributed by atoms with van der Waals surface area (Å²) in [5.74, 6) is -0.454. The Morgan fingerprint density at radius 3 is 2.94 bits per heavy atom. The molecule has 0 spiro atoms. The number of rotatable bonds is 2. The molecule has 7 heteroatoms. The van der Waals surface area contributed by atoms with Crippen LogP contribution in [0.3, 0.4) is 0 Å². The van der Waals surface area contributed by atoms with Crippen LogP contribution in [0.1, 0.15) is 17.4 Å². The Labute approximate surface area is 108 Å². The average molecular weight is 349 g/mol. The monoisotopic (exact) mass is 347 g/mol. The quantitative estimate of drug-likeness (QED) is 0.782. The van der Waals surface area contributed by atoms with Crippen molar-refractivity contribution in [1.82, 2.24) is 14.4 Å². The zero-order chi connectivity index (χ0) is 11.7. The zero-order valence-electron chi connectivity index (χ0n) is 8.28. The summed E-state index contributed by atoms with van der Waals surface area (Å²) in [4.78, 5) is 19.8. The second-order valence-corrected chi connectivity index (χ2v) is 4.39. The van der Waals surface area contributed by atoms with Crippen molar-refractivity contribution >= 4 is 43.5 Å². The average Bonchev–Trinajstić information content (AvgIpc) is 2.59. The topological polar surface area (TPSA) is 56.5 Å². The number of fused-ring (bicyclic) bond motifs is 1. The van der Waals surface area contributed by atoms with Crippen LogP contribution in [-0.2, 0) is 4.74 Å². The molecule has 2 aromatic heterocycles. The number of carbonyl (C=O) groups is 1. The van der Waals surface area contributed by atoms with Gasteiger partial charge in [0.2, 0.25) is 0 Å². The number of imidazole rings is 1. The number of aromatic nitrogens is 3. The van der Waals surface area contributed by atoms with E-state index in [2.05, 4.69) is 41.8 Å². The van der Waals surface area contributed by atoms with Crippen molar-refractivity contribution in [3.05, 3.63) is 27.3 Å². The lowest BCUT2D eigenvalue weighted by atomic mass is 10.5. The van der Waals surface area contributed by atoms with Gasteiger partial charge in [-0.05, 0) is 38.8 Å². The van der Waals surface area contributed by atoms with Gasteiger partial charge in [-0.2, -0.15) is 0 Å². The van der Waals surface area contributed by atoms with Crippen LogP contribution in [0.5, 0.6) is 0 Å². The first-order valence-electron chi connectivity index (χ1n) is 4.50. The minimum atomic E-state index is -0.454. The van der Waals surface area contributed by atoms with E-state index in [-0.39, 0.29) is 5.69 Å². The molecular weight excluding hydrogens is 342 g/mol. The molecule has 0 atom stereocenters. The lowest BCUT2D eigenvalue weighted by molar-refractivity contribution is 0.0519. The summed E-state index contributed by atoms with van der Waals surface area (Å²) in [5.41, 5.74) is 0.813. The van der Waals surface area contributed by atoms with Crippen molar-refractivity contribution in [3.8, 4) is 0 Å². The number of esters is 1. The number of nitrogens with zero attached hydrogens (tertiary/aromatic N) is 3. The standard InChI is InChI=1S/C9H7Br2N3O2/c1-2-16-9(15)5-7(11)14-4-3-12-6(10)8(14)13-5/h3-4H,2H2,1H3. The molecule has 84 valence electrons. The molecule has 2 aromatic rings. The minimum Gasteiger partial charge on any atom is -0.461 e. The predicted octanol–water partition coefficient (Wildman–Crippen LogP) is 2.43. The van der Waals surface area contributed by atoms with Crippen molar-refractivity contribution in [2.24, 2.45) is 0 Å². The van der Waals surface area contributed by atoms with Crippen LogP contribution in [0.2, 0.25) is 0 Å². The number of hydrogen-bond acceptors (Lipinski definition) is 4. The summed E-state index contributed by atoms with van der Waals surface area (Å²) in [5, 5.41) is 0. The third-order valence-corrected chi connectivity index (χ3v) is 3.23. The van der Waals surface area contributed by atoms with Gasteiger partial charge in [0.05, 0.1) is 6.61 Å². The molecule has 0 unspecified atom stereocenters. The Morgan fingerprint density at radius 1 is 1.56 bits per heavy atom. The molecule has 2 heterocycles. The van der Waals surface area contributed by atoms with Crippen LogP contribution >= 0.6 is 31.9 Å². The third-order valence-electron chi connectivity index (χ3n) is 1.91. The third kappa shape index (κ3) is 1.84. The normalized spacial score (nSPS) is 10.7. The maximum atomic E-state index is 11.6. The molecule has 0 fully saturated rings. The van der Waals surface area contributed by atoms with Crippen molar-refractivity contribution in [3.63, 3.8) is 0 Å². The molecule has 5 nitrogen and oxygen atoms in total. The summed E-state index contributed by atoms with van der Waals surface area (Å²) in [7, 11) is 0. The van der Waals surface area contributed by atoms with Gasteiger partial charge >= 0.3 is 5.97 Å². The van der Waals surface area contributed by atoms with Gasteiger partial charge in [0, 0.05) is 12.4 Å². The highest BCUT2D eigenvalue weighted by Gasteiger charge is 2.19. The molecule has 0 aliphatic carbocycles. The number of halogens is 2. The molecule has 0 aliphatic heterocycles. The first-order valence-corrected chi connectivity index (χ1v) is 6.09.